The molecular weight excluding hydrogens is 324 g/mol. The van der Waals surface area contributed by atoms with Crippen LogP contribution >= 0.6 is 0 Å². The van der Waals surface area contributed by atoms with Crippen molar-refractivity contribution >= 4 is 0 Å². The molecule has 4 aliphatic rings. The first-order chi connectivity index (χ1) is 12.9. The largest absolute Gasteiger partial charge is 0.0845 e. The van der Waals surface area contributed by atoms with Gasteiger partial charge in [-0.3, -0.25) is 0 Å². The van der Waals surface area contributed by atoms with Gasteiger partial charge in [0.2, 0.25) is 0 Å². The minimum Gasteiger partial charge on any atom is -0.0845 e. The van der Waals surface area contributed by atoms with Gasteiger partial charge >= 0.3 is 0 Å². The average molecular weight is 371 g/mol. The minimum absolute atomic E-state index is 0.557. The van der Waals surface area contributed by atoms with Gasteiger partial charge in [-0.15, -0.1) is 0 Å². The van der Waals surface area contributed by atoms with Crippen LogP contribution in [0.3, 0.4) is 0 Å². The lowest BCUT2D eigenvalue weighted by Gasteiger charge is -2.58. The van der Waals surface area contributed by atoms with Crippen LogP contribution in [0.4, 0.5) is 0 Å². The van der Waals surface area contributed by atoms with E-state index in [1.165, 1.54) is 77.0 Å². The SMILES string of the molecule is CCCCCC(C)C1CCC2C3CC=C4CC(C)CCC4(C)C3CCC12C. The van der Waals surface area contributed by atoms with Gasteiger partial charge in [-0.1, -0.05) is 72.0 Å². The second kappa shape index (κ2) is 7.53. The zero-order chi connectivity index (χ0) is 19.2. The molecule has 0 aromatic carbocycles. The highest BCUT2D eigenvalue weighted by Crippen LogP contribution is 2.67. The molecule has 0 N–H and O–H groups in total. The maximum Gasteiger partial charge on any atom is -0.00851 e. The molecule has 0 aromatic rings. The number of allylic oxidation sites excluding steroid dienone is 2. The van der Waals surface area contributed by atoms with Crippen LogP contribution in [0.1, 0.15) is 112 Å². The van der Waals surface area contributed by atoms with Crippen molar-refractivity contribution in [2.45, 2.75) is 112 Å². The van der Waals surface area contributed by atoms with Gasteiger partial charge in [0.1, 0.15) is 0 Å². The summed E-state index contributed by atoms with van der Waals surface area (Å²) in [6.45, 7) is 12.8. The van der Waals surface area contributed by atoms with E-state index >= 15 is 0 Å². The quantitative estimate of drug-likeness (QED) is 0.336. The smallest absolute Gasteiger partial charge is 0.00851 e. The van der Waals surface area contributed by atoms with Crippen molar-refractivity contribution in [1.82, 2.24) is 0 Å². The van der Waals surface area contributed by atoms with E-state index in [0.717, 1.165) is 35.5 Å². The number of hydrogen-bond donors (Lipinski definition) is 0. The Bertz CT molecular complexity index is 558. The molecule has 0 nitrogen and oxygen atoms in total. The lowest BCUT2D eigenvalue weighted by molar-refractivity contribution is -0.0522. The minimum atomic E-state index is 0.557. The average Bonchev–Trinajstić information content (AvgIpc) is 3.00. The first-order valence-corrected chi connectivity index (χ1v) is 12.6. The molecule has 0 aromatic heterocycles. The van der Waals surface area contributed by atoms with Crippen LogP contribution in [0.15, 0.2) is 11.6 Å². The summed E-state index contributed by atoms with van der Waals surface area (Å²) in [5.74, 6) is 5.89. The van der Waals surface area contributed by atoms with Crippen molar-refractivity contribution in [2.24, 2.45) is 46.3 Å². The van der Waals surface area contributed by atoms with E-state index in [0.29, 0.717) is 10.8 Å². The van der Waals surface area contributed by atoms with E-state index in [9.17, 15) is 0 Å². The van der Waals surface area contributed by atoms with Crippen LogP contribution in [-0.4, -0.2) is 0 Å². The summed E-state index contributed by atoms with van der Waals surface area (Å²) in [6, 6.07) is 0. The van der Waals surface area contributed by atoms with E-state index < -0.39 is 0 Å². The molecule has 3 fully saturated rings. The standard InChI is InChI=1S/C27H46/c1-6-7-8-9-20(3)23-12-13-24-22-11-10-21-18-19(2)14-16-26(21,4)25(22)15-17-27(23,24)5/h10,19-20,22-25H,6-9,11-18H2,1-5H3. The lowest BCUT2D eigenvalue weighted by Crippen LogP contribution is -2.50. The zero-order valence-corrected chi connectivity index (χ0v) is 19.0. The first kappa shape index (κ1) is 20.0. The molecule has 0 heteroatoms. The second-order valence-corrected chi connectivity index (χ2v) is 11.8. The fourth-order valence-electron chi connectivity index (χ4n) is 8.74. The third kappa shape index (κ3) is 3.26. The topological polar surface area (TPSA) is 0 Å². The maximum atomic E-state index is 2.75. The predicted molar refractivity (Wildman–Crippen MR) is 118 cm³/mol. The highest BCUT2D eigenvalue weighted by molar-refractivity contribution is 5.25. The monoisotopic (exact) mass is 370 g/mol. The van der Waals surface area contributed by atoms with Crippen LogP contribution in [0.2, 0.25) is 0 Å². The third-order valence-corrected chi connectivity index (χ3v) is 10.4. The summed E-state index contributed by atoms with van der Waals surface area (Å²) >= 11 is 0. The molecule has 0 amide bonds. The molecule has 0 bridgehead atoms. The summed E-state index contributed by atoms with van der Waals surface area (Å²) in [7, 11) is 0. The maximum absolute atomic E-state index is 2.75. The normalized spacial score (nSPS) is 47.6. The van der Waals surface area contributed by atoms with E-state index in [1.54, 1.807) is 0 Å². The van der Waals surface area contributed by atoms with Gasteiger partial charge in [-0.25, -0.2) is 0 Å². The van der Waals surface area contributed by atoms with Crippen molar-refractivity contribution in [3.05, 3.63) is 11.6 Å². The number of rotatable bonds is 5. The summed E-state index contributed by atoms with van der Waals surface area (Å²) in [4.78, 5) is 0. The summed E-state index contributed by atoms with van der Waals surface area (Å²) < 4.78 is 0. The van der Waals surface area contributed by atoms with Crippen LogP contribution in [0, 0.1) is 46.3 Å². The number of fused-ring (bicyclic) bond motifs is 5. The second-order valence-electron chi connectivity index (χ2n) is 11.8. The van der Waals surface area contributed by atoms with Crippen molar-refractivity contribution in [3.8, 4) is 0 Å². The van der Waals surface area contributed by atoms with Gasteiger partial charge < -0.3 is 0 Å². The van der Waals surface area contributed by atoms with Crippen LogP contribution in [0.25, 0.3) is 0 Å². The molecule has 8 unspecified atom stereocenters. The molecule has 3 saturated carbocycles. The van der Waals surface area contributed by atoms with E-state index in [4.69, 9.17) is 0 Å². The van der Waals surface area contributed by atoms with Crippen LogP contribution < -0.4 is 0 Å². The van der Waals surface area contributed by atoms with Gasteiger partial charge in [0, 0.05) is 0 Å². The molecule has 8 atom stereocenters. The van der Waals surface area contributed by atoms with Crippen molar-refractivity contribution < 1.29 is 0 Å². The molecule has 0 saturated heterocycles. The number of unbranched alkanes of at least 4 members (excludes halogenated alkanes) is 2. The van der Waals surface area contributed by atoms with Gasteiger partial charge in [0.05, 0.1) is 0 Å². The molecule has 27 heavy (non-hydrogen) atoms. The van der Waals surface area contributed by atoms with Crippen molar-refractivity contribution in [1.29, 1.82) is 0 Å². The van der Waals surface area contributed by atoms with E-state index in [2.05, 4.69) is 40.7 Å². The lowest BCUT2D eigenvalue weighted by atomic mass is 9.46. The Labute approximate surface area is 170 Å². The Kier molecular flexibility index (Phi) is 5.59. The van der Waals surface area contributed by atoms with Gasteiger partial charge in [-0.05, 0) is 97.7 Å². The Hall–Kier alpha value is -0.260. The zero-order valence-electron chi connectivity index (χ0n) is 19.0. The van der Waals surface area contributed by atoms with Gasteiger partial charge in [0.15, 0.2) is 0 Å². The highest BCUT2D eigenvalue weighted by Gasteiger charge is 2.58. The van der Waals surface area contributed by atoms with Crippen LogP contribution in [-0.2, 0) is 0 Å². The number of hydrogen-bond acceptors (Lipinski definition) is 0. The molecule has 0 aliphatic heterocycles. The Balaban J connectivity index is 1.52. The van der Waals surface area contributed by atoms with Gasteiger partial charge in [0.25, 0.3) is 0 Å². The van der Waals surface area contributed by atoms with E-state index in [1.807, 2.05) is 5.57 Å². The predicted octanol–water partition coefficient (Wildman–Crippen LogP) is 8.42. The van der Waals surface area contributed by atoms with Crippen molar-refractivity contribution in [3.63, 3.8) is 0 Å². The Morgan fingerprint density at radius 3 is 2.63 bits per heavy atom. The molecule has 0 heterocycles. The molecular formula is C27H46. The summed E-state index contributed by atoms with van der Waals surface area (Å²) in [6.07, 6.45) is 20.4. The fourth-order valence-corrected chi connectivity index (χ4v) is 8.74. The third-order valence-electron chi connectivity index (χ3n) is 10.4. The van der Waals surface area contributed by atoms with E-state index in [-0.39, 0.29) is 0 Å². The van der Waals surface area contributed by atoms with Crippen molar-refractivity contribution in [2.75, 3.05) is 0 Å². The Morgan fingerprint density at radius 2 is 1.85 bits per heavy atom. The molecule has 154 valence electrons. The first-order valence-electron chi connectivity index (χ1n) is 12.6. The summed E-state index contributed by atoms with van der Waals surface area (Å²) in [5.41, 5.74) is 3.08. The molecule has 4 rings (SSSR count). The molecule has 4 aliphatic carbocycles. The molecule has 0 radical (unpaired) electrons. The molecule has 0 spiro atoms. The van der Waals surface area contributed by atoms with Gasteiger partial charge in [-0.2, -0.15) is 0 Å². The fraction of sp³-hybridized carbons (Fsp3) is 0.926. The summed E-state index contributed by atoms with van der Waals surface area (Å²) in [5, 5.41) is 0. The van der Waals surface area contributed by atoms with Crippen LogP contribution in [0.5, 0.6) is 0 Å². The Morgan fingerprint density at radius 1 is 1.04 bits per heavy atom. The highest BCUT2D eigenvalue weighted by atomic mass is 14.6.